The Kier molecular flexibility index (Phi) is 3.74. The summed E-state index contributed by atoms with van der Waals surface area (Å²) >= 11 is 3.37. The van der Waals surface area contributed by atoms with Gasteiger partial charge in [0, 0.05) is 19.3 Å². The average Bonchev–Trinajstić information content (AvgIpc) is 1.98. The molecule has 0 N–H and O–H groups in total. The zero-order valence-corrected chi connectivity index (χ0v) is 9.71. The average molecular weight is 251 g/mol. The highest BCUT2D eigenvalue weighted by atomic mass is 79.9. The maximum absolute atomic E-state index is 10.8. The molecular weight excluding hydrogens is 236 g/mol. The third kappa shape index (κ3) is 2.95. The van der Waals surface area contributed by atoms with Gasteiger partial charge in [0.25, 0.3) is 0 Å². The first-order valence-corrected chi connectivity index (χ1v) is 5.39. The summed E-state index contributed by atoms with van der Waals surface area (Å²) in [6, 6.07) is 0. The highest BCUT2D eigenvalue weighted by molar-refractivity contribution is 9.09. The van der Waals surface area contributed by atoms with Crippen LogP contribution in [-0.4, -0.2) is 23.2 Å². The quantitative estimate of drug-likeness (QED) is 0.528. The van der Waals surface area contributed by atoms with E-state index in [2.05, 4.69) is 15.9 Å². The van der Waals surface area contributed by atoms with Crippen molar-refractivity contribution in [3.05, 3.63) is 0 Å². The van der Waals surface area contributed by atoms with Crippen LogP contribution in [0, 0.1) is 5.92 Å². The Bertz CT molecular complexity index is 195. The molecule has 0 radical (unpaired) electrons. The maximum atomic E-state index is 10.8. The van der Waals surface area contributed by atoms with E-state index in [1.165, 1.54) is 6.92 Å². The lowest BCUT2D eigenvalue weighted by molar-refractivity contribution is -0.161. The van der Waals surface area contributed by atoms with Gasteiger partial charge in [-0.05, 0) is 6.92 Å². The van der Waals surface area contributed by atoms with Crippen LogP contribution in [0.2, 0.25) is 0 Å². The Labute approximate surface area is 86.9 Å². The molecule has 0 aromatic carbocycles. The standard InChI is InChI=1S/C9H15BrO3/c1-5-6(2)12-9(10)4-8(5)13-7(3)11/h5-6,8-9H,4H2,1-3H3/t5-,6+,8+,9-/m1/s1. The highest BCUT2D eigenvalue weighted by Gasteiger charge is 2.34. The molecule has 0 saturated carbocycles. The summed E-state index contributed by atoms with van der Waals surface area (Å²) < 4.78 is 10.7. The van der Waals surface area contributed by atoms with Gasteiger partial charge in [0.15, 0.2) is 0 Å². The predicted octanol–water partition coefficient (Wildman–Crippen LogP) is 2.08. The SMILES string of the molecule is CC(=O)O[C@H]1C[C@H](Br)O[C@@H](C)[C@H]1C. The summed E-state index contributed by atoms with van der Waals surface area (Å²) in [5, 5.41) is 0.00282. The second-order valence-electron chi connectivity index (χ2n) is 3.49. The van der Waals surface area contributed by atoms with E-state index in [0.29, 0.717) is 0 Å². The first-order valence-electron chi connectivity index (χ1n) is 4.47. The second-order valence-corrected chi connectivity index (χ2v) is 4.52. The van der Waals surface area contributed by atoms with Gasteiger partial charge >= 0.3 is 5.97 Å². The fraction of sp³-hybridized carbons (Fsp3) is 0.889. The molecule has 3 nitrogen and oxygen atoms in total. The summed E-state index contributed by atoms with van der Waals surface area (Å²) in [6.07, 6.45) is 0.832. The van der Waals surface area contributed by atoms with Crippen LogP contribution in [0.3, 0.4) is 0 Å². The monoisotopic (exact) mass is 250 g/mol. The molecule has 0 amide bonds. The lowest BCUT2D eigenvalue weighted by Gasteiger charge is -2.36. The summed E-state index contributed by atoms with van der Waals surface area (Å²) in [4.78, 5) is 10.8. The molecule has 13 heavy (non-hydrogen) atoms. The molecule has 1 aliphatic rings. The first-order chi connectivity index (χ1) is 6.00. The normalized spacial score (nSPS) is 40.0. The minimum Gasteiger partial charge on any atom is -0.462 e. The number of hydrogen-bond donors (Lipinski definition) is 0. The molecule has 1 heterocycles. The van der Waals surface area contributed by atoms with Crippen molar-refractivity contribution < 1.29 is 14.3 Å². The molecule has 0 aliphatic carbocycles. The third-order valence-electron chi connectivity index (χ3n) is 2.42. The zero-order valence-electron chi connectivity index (χ0n) is 8.12. The van der Waals surface area contributed by atoms with Crippen molar-refractivity contribution in [2.45, 2.75) is 44.4 Å². The van der Waals surface area contributed by atoms with Gasteiger partial charge in [-0.25, -0.2) is 0 Å². The van der Waals surface area contributed by atoms with E-state index in [9.17, 15) is 4.79 Å². The predicted molar refractivity (Wildman–Crippen MR) is 52.6 cm³/mol. The molecular formula is C9H15BrO3. The van der Waals surface area contributed by atoms with E-state index in [1.54, 1.807) is 0 Å². The number of halogens is 1. The van der Waals surface area contributed by atoms with Crippen molar-refractivity contribution in [2.24, 2.45) is 5.92 Å². The van der Waals surface area contributed by atoms with Crippen LogP contribution in [-0.2, 0) is 14.3 Å². The number of carbonyl (C=O) groups is 1. The van der Waals surface area contributed by atoms with E-state index in [0.717, 1.165) is 6.42 Å². The molecule has 0 bridgehead atoms. The maximum Gasteiger partial charge on any atom is 0.302 e. The molecule has 1 fully saturated rings. The molecule has 4 heteroatoms. The lowest BCUT2D eigenvalue weighted by atomic mass is 9.94. The smallest absolute Gasteiger partial charge is 0.302 e. The summed E-state index contributed by atoms with van der Waals surface area (Å²) in [7, 11) is 0. The van der Waals surface area contributed by atoms with Crippen molar-refractivity contribution in [1.82, 2.24) is 0 Å². The summed E-state index contributed by atoms with van der Waals surface area (Å²) in [6.45, 7) is 5.47. The Balaban J connectivity index is 2.55. The molecule has 0 aromatic rings. The van der Waals surface area contributed by atoms with Crippen LogP contribution in [0.5, 0.6) is 0 Å². The zero-order chi connectivity index (χ0) is 10.0. The van der Waals surface area contributed by atoms with Crippen molar-refractivity contribution in [3.63, 3.8) is 0 Å². The number of alkyl halides is 1. The van der Waals surface area contributed by atoms with Crippen molar-refractivity contribution in [3.8, 4) is 0 Å². The Morgan fingerprint density at radius 2 is 2.15 bits per heavy atom. The second kappa shape index (κ2) is 4.42. The van der Waals surface area contributed by atoms with Crippen LogP contribution in [0.15, 0.2) is 0 Å². The van der Waals surface area contributed by atoms with Crippen molar-refractivity contribution >= 4 is 21.9 Å². The molecule has 0 aromatic heterocycles. The Morgan fingerprint density at radius 1 is 1.54 bits per heavy atom. The van der Waals surface area contributed by atoms with Gasteiger partial charge < -0.3 is 9.47 Å². The van der Waals surface area contributed by atoms with E-state index >= 15 is 0 Å². The number of carbonyl (C=O) groups excluding carboxylic acids is 1. The number of esters is 1. The molecule has 76 valence electrons. The fourth-order valence-electron chi connectivity index (χ4n) is 1.48. The topological polar surface area (TPSA) is 35.5 Å². The number of rotatable bonds is 1. The minimum absolute atomic E-state index is 0.00282. The molecule has 0 spiro atoms. The van der Waals surface area contributed by atoms with E-state index in [-0.39, 0.29) is 29.1 Å². The molecule has 1 saturated heterocycles. The van der Waals surface area contributed by atoms with Crippen LogP contribution in [0.25, 0.3) is 0 Å². The Hall–Kier alpha value is -0.0900. The van der Waals surface area contributed by atoms with E-state index in [1.807, 2.05) is 13.8 Å². The molecule has 4 atom stereocenters. The minimum atomic E-state index is -0.217. The van der Waals surface area contributed by atoms with Gasteiger partial charge in [0.1, 0.15) is 11.1 Å². The molecule has 1 aliphatic heterocycles. The fourth-order valence-corrected chi connectivity index (χ4v) is 2.19. The number of hydrogen-bond acceptors (Lipinski definition) is 3. The van der Waals surface area contributed by atoms with E-state index in [4.69, 9.17) is 9.47 Å². The van der Waals surface area contributed by atoms with Crippen LogP contribution < -0.4 is 0 Å². The first kappa shape index (κ1) is 11.0. The number of ether oxygens (including phenoxy) is 2. The lowest BCUT2D eigenvalue weighted by Crippen LogP contribution is -2.41. The van der Waals surface area contributed by atoms with Crippen molar-refractivity contribution in [1.29, 1.82) is 0 Å². The van der Waals surface area contributed by atoms with Gasteiger partial charge in [0.05, 0.1) is 6.10 Å². The van der Waals surface area contributed by atoms with Crippen LogP contribution >= 0.6 is 15.9 Å². The molecule has 0 unspecified atom stereocenters. The summed E-state index contributed by atoms with van der Waals surface area (Å²) in [5.41, 5.74) is 0. The Morgan fingerprint density at radius 3 is 2.69 bits per heavy atom. The van der Waals surface area contributed by atoms with Gasteiger partial charge in [-0.3, -0.25) is 4.79 Å². The largest absolute Gasteiger partial charge is 0.462 e. The van der Waals surface area contributed by atoms with Crippen molar-refractivity contribution in [2.75, 3.05) is 0 Å². The summed E-state index contributed by atoms with van der Waals surface area (Å²) in [5.74, 6) is 0.0448. The van der Waals surface area contributed by atoms with Crippen LogP contribution in [0.1, 0.15) is 27.2 Å². The van der Waals surface area contributed by atoms with Crippen LogP contribution in [0.4, 0.5) is 0 Å². The third-order valence-corrected chi connectivity index (χ3v) is 3.01. The molecule has 1 rings (SSSR count). The van der Waals surface area contributed by atoms with Gasteiger partial charge in [-0.2, -0.15) is 0 Å². The van der Waals surface area contributed by atoms with E-state index < -0.39 is 0 Å². The highest BCUT2D eigenvalue weighted by Crippen LogP contribution is 2.29. The van der Waals surface area contributed by atoms with Gasteiger partial charge in [-0.15, -0.1) is 0 Å². The van der Waals surface area contributed by atoms with Gasteiger partial charge in [0.2, 0.25) is 0 Å². The van der Waals surface area contributed by atoms with Gasteiger partial charge in [-0.1, -0.05) is 22.9 Å².